The predicted octanol–water partition coefficient (Wildman–Crippen LogP) is 2.24. The van der Waals surface area contributed by atoms with Crippen molar-refractivity contribution in [2.45, 2.75) is 6.54 Å². The van der Waals surface area contributed by atoms with Crippen LogP contribution in [0.3, 0.4) is 0 Å². The Hall–Kier alpha value is -2.67. The number of esters is 1. The lowest BCUT2D eigenvalue weighted by Crippen LogP contribution is -2.22. The van der Waals surface area contributed by atoms with E-state index in [1.54, 1.807) is 0 Å². The summed E-state index contributed by atoms with van der Waals surface area (Å²) >= 11 is 6.05. The maximum absolute atomic E-state index is 12.0. The van der Waals surface area contributed by atoms with Crippen molar-refractivity contribution >= 4 is 23.3 Å². The molecule has 0 aliphatic carbocycles. The van der Waals surface area contributed by atoms with Crippen LogP contribution in [0.1, 0.15) is 15.9 Å². The highest BCUT2D eigenvalue weighted by Gasteiger charge is 2.15. The molecule has 2 aromatic rings. The van der Waals surface area contributed by atoms with E-state index in [0.717, 1.165) is 10.6 Å². The number of methoxy groups -OCH3 is 1. The van der Waals surface area contributed by atoms with Crippen molar-refractivity contribution < 1.29 is 14.5 Å². The number of halogens is 1. The first-order valence-corrected chi connectivity index (χ1v) is 6.52. The minimum Gasteiger partial charge on any atom is -0.465 e. The molecule has 0 spiro atoms. The number of benzene rings is 1. The molecule has 0 radical (unpaired) electrons. The Labute approximate surface area is 129 Å². The van der Waals surface area contributed by atoms with Crippen LogP contribution in [-0.2, 0) is 11.3 Å². The third-order valence-electron chi connectivity index (χ3n) is 3.00. The zero-order chi connectivity index (χ0) is 16.3. The average Bonchev–Trinajstić information content (AvgIpc) is 2.50. The van der Waals surface area contributed by atoms with E-state index in [4.69, 9.17) is 11.6 Å². The first-order chi connectivity index (χ1) is 10.4. The zero-order valence-corrected chi connectivity index (χ0v) is 12.2. The van der Waals surface area contributed by atoms with E-state index < -0.39 is 22.1 Å². The molecule has 2 rings (SSSR count). The van der Waals surface area contributed by atoms with Crippen LogP contribution in [0.5, 0.6) is 0 Å². The van der Waals surface area contributed by atoms with Gasteiger partial charge in [0.2, 0.25) is 0 Å². The van der Waals surface area contributed by atoms with Crippen LogP contribution in [0.25, 0.3) is 0 Å². The highest BCUT2D eigenvalue weighted by Crippen LogP contribution is 2.19. The normalized spacial score (nSPS) is 10.3. The Morgan fingerprint density at radius 1 is 1.41 bits per heavy atom. The first kappa shape index (κ1) is 15.7. The number of ether oxygens (including phenoxy) is 1. The van der Waals surface area contributed by atoms with Crippen molar-refractivity contribution in [3.63, 3.8) is 0 Å². The van der Waals surface area contributed by atoms with Crippen molar-refractivity contribution in [2.75, 3.05) is 7.11 Å². The zero-order valence-electron chi connectivity index (χ0n) is 11.5. The van der Waals surface area contributed by atoms with Gasteiger partial charge in [0.05, 0.1) is 24.1 Å². The molecule has 0 aliphatic rings. The third kappa shape index (κ3) is 3.15. The molecule has 0 atom stereocenters. The number of nitro groups is 1. The van der Waals surface area contributed by atoms with Gasteiger partial charge in [0.15, 0.2) is 0 Å². The van der Waals surface area contributed by atoms with Crippen LogP contribution in [0.15, 0.2) is 41.3 Å². The Kier molecular flexibility index (Phi) is 4.57. The SMILES string of the molecule is COC(=O)c1ccc(Cl)c(Cn2cccc([N+](=O)[O-])c2=O)c1. The van der Waals surface area contributed by atoms with Crippen LogP contribution in [-0.4, -0.2) is 22.6 Å². The molecule has 8 heteroatoms. The van der Waals surface area contributed by atoms with Gasteiger partial charge in [0.1, 0.15) is 0 Å². The van der Waals surface area contributed by atoms with Gasteiger partial charge >= 0.3 is 17.2 Å². The van der Waals surface area contributed by atoms with Crippen molar-refractivity contribution in [2.24, 2.45) is 0 Å². The standard InChI is InChI=1S/C14H11ClN2O5/c1-22-14(19)9-4-5-11(15)10(7-9)8-16-6-2-3-12(13(16)18)17(20)21/h2-7H,8H2,1H3. The summed E-state index contributed by atoms with van der Waals surface area (Å²) in [6.45, 7) is 0.00415. The number of carbonyl (C=O) groups is 1. The minimum atomic E-state index is -0.745. The van der Waals surface area contributed by atoms with Crippen molar-refractivity contribution in [1.29, 1.82) is 0 Å². The summed E-state index contributed by atoms with van der Waals surface area (Å²) < 4.78 is 5.77. The van der Waals surface area contributed by atoms with Gasteiger partial charge < -0.3 is 9.30 Å². The number of hydrogen-bond acceptors (Lipinski definition) is 5. The number of carbonyl (C=O) groups excluding carboxylic acids is 1. The van der Waals surface area contributed by atoms with E-state index in [9.17, 15) is 19.7 Å². The molecule has 0 fully saturated rings. The van der Waals surface area contributed by atoms with Crippen LogP contribution >= 0.6 is 11.6 Å². The summed E-state index contributed by atoms with van der Waals surface area (Å²) in [7, 11) is 1.25. The van der Waals surface area contributed by atoms with Crippen molar-refractivity contribution in [1.82, 2.24) is 4.57 Å². The summed E-state index contributed by atoms with van der Waals surface area (Å²) in [5.41, 5.74) is -0.512. The van der Waals surface area contributed by atoms with Crippen LogP contribution in [0, 0.1) is 10.1 Å². The summed E-state index contributed by atoms with van der Waals surface area (Å²) in [4.78, 5) is 33.5. The third-order valence-corrected chi connectivity index (χ3v) is 3.37. The van der Waals surface area contributed by atoms with E-state index in [2.05, 4.69) is 4.74 Å². The second-order valence-electron chi connectivity index (χ2n) is 4.38. The van der Waals surface area contributed by atoms with Crippen molar-refractivity contribution in [3.05, 3.63) is 73.1 Å². The van der Waals surface area contributed by atoms with E-state index in [-0.39, 0.29) is 12.1 Å². The van der Waals surface area contributed by atoms with Gasteiger partial charge in [-0.15, -0.1) is 0 Å². The lowest BCUT2D eigenvalue weighted by atomic mass is 10.1. The summed E-state index contributed by atoms with van der Waals surface area (Å²) in [6, 6.07) is 7.02. The smallest absolute Gasteiger partial charge is 0.337 e. The number of aromatic nitrogens is 1. The molecule has 1 aromatic carbocycles. The quantitative estimate of drug-likeness (QED) is 0.489. The Balaban J connectivity index is 2.43. The molecule has 0 unspecified atom stereocenters. The molecule has 0 bridgehead atoms. The minimum absolute atomic E-state index is 0.00415. The maximum atomic E-state index is 12.0. The van der Waals surface area contributed by atoms with Crippen molar-refractivity contribution in [3.8, 4) is 0 Å². The topological polar surface area (TPSA) is 91.4 Å². The molecule has 1 aromatic heterocycles. The summed E-state index contributed by atoms with van der Waals surface area (Å²) in [5.74, 6) is -0.538. The molecule has 0 aliphatic heterocycles. The molecule has 0 amide bonds. The monoisotopic (exact) mass is 322 g/mol. The molecule has 114 valence electrons. The molecule has 7 nitrogen and oxygen atoms in total. The molecule has 1 heterocycles. The number of pyridine rings is 1. The molecule has 22 heavy (non-hydrogen) atoms. The molecule has 0 saturated carbocycles. The van der Waals surface area contributed by atoms with Gasteiger partial charge in [-0.05, 0) is 29.8 Å². The molecule has 0 N–H and O–H groups in total. The van der Waals surface area contributed by atoms with Crippen LogP contribution in [0.4, 0.5) is 5.69 Å². The summed E-state index contributed by atoms with van der Waals surface area (Å²) in [5, 5.41) is 11.1. The van der Waals surface area contributed by atoms with Crippen LogP contribution in [0.2, 0.25) is 5.02 Å². The number of hydrogen-bond donors (Lipinski definition) is 0. The predicted molar refractivity (Wildman–Crippen MR) is 79.2 cm³/mol. The maximum Gasteiger partial charge on any atom is 0.337 e. The highest BCUT2D eigenvalue weighted by molar-refractivity contribution is 6.31. The fourth-order valence-corrected chi connectivity index (χ4v) is 2.09. The van der Waals surface area contributed by atoms with Gasteiger partial charge in [0.25, 0.3) is 0 Å². The van der Waals surface area contributed by atoms with E-state index in [0.29, 0.717) is 10.6 Å². The second-order valence-corrected chi connectivity index (χ2v) is 4.79. The molecule has 0 saturated heterocycles. The molecular weight excluding hydrogens is 312 g/mol. The highest BCUT2D eigenvalue weighted by atomic mass is 35.5. The summed E-state index contributed by atoms with van der Waals surface area (Å²) in [6.07, 6.45) is 1.41. The van der Waals surface area contributed by atoms with Crippen LogP contribution < -0.4 is 5.56 Å². The lowest BCUT2D eigenvalue weighted by molar-refractivity contribution is -0.386. The van der Waals surface area contributed by atoms with Gasteiger partial charge in [-0.2, -0.15) is 0 Å². The fourth-order valence-electron chi connectivity index (χ4n) is 1.91. The first-order valence-electron chi connectivity index (χ1n) is 6.14. The van der Waals surface area contributed by atoms with E-state index in [1.165, 1.54) is 37.6 Å². The van der Waals surface area contributed by atoms with E-state index >= 15 is 0 Å². The Morgan fingerprint density at radius 3 is 2.77 bits per heavy atom. The second kappa shape index (κ2) is 6.40. The van der Waals surface area contributed by atoms with E-state index in [1.807, 2.05) is 0 Å². The fraction of sp³-hybridized carbons (Fsp3) is 0.143. The van der Waals surface area contributed by atoms with Gasteiger partial charge in [-0.1, -0.05) is 11.6 Å². The number of nitrogens with zero attached hydrogens (tertiary/aromatic N) is 2. The largest absolute Gasteiger partial charge is 0.465 e. The van der Waals surface area contributed by atoms with Gasteiger partial charge in [0, 0.05) is 17.3 Å². The lowest BCUT2D eigenvalue weighted by Gasteiger charge is -2.09. The Morgan fingerprint density at radius 2 is 2.14 bits per heavy atom. The Bertz CT molecular complexity index is 800. The number of rotatable bonds is 4. The van der Waals surface area contributed by atoms with Gasteiger partial charge in [-0.25, -0.2) is 4.79 Å². The molecular formula is C14H11ClN2O5. The average molecular weight is 323 g/mol. The van der Waals surface area contributed by atoms with Gasteiger partial charge in [-0.3, -0.25) is 14.9 Å².